The largest absolute Gasteiger partial charge is 0.450 e. The molecule has 198 valence electrons. The van der Waals surface area contributed by atoms with Crippen molar-refractivity contribution in [2.75, 3.05) is 6.54 Å². The van der Waals surface area contributed by atoms with Gasteiger partial charge in [0, 0.05) is 29.9 Å². The number of ether oxygens (including phenoxy) is 2. The smallest absolute Gasteiger partial charge is 0.410 e. The Bertz CT molecular complexity index is 1260. The summed E-state index contributed by atoms with van der Waals surface area (Å²) in [5, 5.41) is 0.471. The monoisotopic (exact) mass is 535 g/mol. The molecule has 1 aromatic heterocycles. The van der Waals surface area contributed by atoms with Crippen LogP contribution < -0.4 is 0 Å². The van der Waals surface area contributed by atoms with Crippen molar-refractivity contribution in [1.29, 1.82) is 0 Å². The van der Waals surface area contributed by atoms with Crippen LogP contribution >= 0.6 is 11.6 Å². The number of Topliss-reactive ketones (excluding diaryl/α,β-unsaturated/α-hetero) is 1. The number of rotatable bonds is 6. The van der Waals surface area contributed by atoms with E-state index in [1.54, 1.807) is 43.9 Å². The average molecular weight is 536 g/mol. The van der Waals surface area contributed by atoms with E-state index in [1.807, 2.05) is 30.3 Å². The zero-order valence-corrected chi connectivity index (χ0v) is 22.3. The van der Waals surface area contributed by atoms with Gasteiger partial charge in [0.05, 0.1) is 11.6 Å². The minimum Gasteiger partial charge on any atom is -0.450 e. The van der Waals surface area contributed by atoms with Crippen LogP contribution in [0.2, 0.25) is 5.02 Å². The summed E-state index contributed by atoms with van der Waals surface area (Å²) in [5.41, 5.74) is 0.506. The number of ketones is 1. The molecule has 1 aliphatic heterocycles. The molecule has 1 amide bonds. The van der Waals surface area contributed by atoms with Crippen LogP contribution in [-0.2, 0) is 9.47 Å². The molecule has 3 aromatic rings. The maximum Gasteiger partial charge on any atom is 0.410 e. The summed E-state index contributed by atoms with van der Waals surface area (Å²) in [6, 6.07) is 17.2. The van der Waals surface area contributed by atoms with E-state index in [-0.39, 0.29) is 24.0 Å². The molecule has 9 heteroatoms. The van der Waals surface area contributed by atoms with Crippen molar-refractivity contribution in [2.45, 2.75) is 51.4 Å². The Morgan fingerprint density at radius 2 is 1.61 bits per heavy atom. The molecule has 0 radical (unpaired) electrons. The third-order valence-electron chi connectivity index (χ3n) is 6.22. The topological polar surface area (TPSA) is 98.7 Å². The number of carbonyl (C=O) groups excluding carboxylic acids is 3. The summed E-state index contributed by atoms with van der Waals surface area (Å²) in [6.07, 6.45) is 2.28. The molecule has 3 atom stereocenters. The van der Waals surface area contributed by atoms with Crippen molar-refractivity contribution in [2.24, 2.45) is 5.92 Å². The van der Waals surface area contributed by atoms with Crippen LogP contribution in [0.1, 0.15) is 66.2 Å². The number of hydrogen-bond acceptors (Lipinski definition) is 7. The Morgan fingerprint density at radius 3 is 2.24 bits per heavy atom. The lowest BCUT2D eigenvalue weighted by atomic mass is 9.84. The number of likely N-dealkylation sites (tertiary alicyclic amines) is 1. The SMILES string of the molecule is CC(C)(C)OC(=O)N1CC(C(OC(=O)c2ccc(Cl)cc2)C(=O)c2ncccn2)CCC1c1ccccc1. The van der Waals surface area contributed by atoms with Crippen LogP contribution in [0.5, 0.6) is 0 Å². The Balaban J connectivity index is 1.65. The van der Waals surface area contributed by atoms with E-state index in [0.717, 1.165) is 5.56 Å². The summed E-state index contributed by atoms with van der Waals surface area (Å²) < 4.78 is 11.5. The van der Waals surface area contributed by atoms with E-state index in [0.29, 0.717) is 17.9 Å². The second-order valence-electron chi connectivity index (χ2n) is 10.2. The zero-order valence-electron chi connectivity index (χ0n) is 21.5. The number of amides is 1. The van der Waals surface area contributed by atoms with Gasteiger partial charge in [0.2, 0.25) is 5.78 Å². The first-order chi connectivity index (χ1) is 18.1. The van der Waals surface area contributed by atoms with E-state index in [1.165, 1.54) is 24.5 Å². The molecule has 2 aromatic carbocycles. The maximum absolute atomic E-state index is 13.6. The first-order valence-electron chi connectivity index (χ1n) is 12.4. The molecule has 0 N–H and O–H groups in total. The van der Waals surface area contributed by atoms with Crippen LogP contribution in [0.15, 0.2) is 73.1 Å². The molecule has 0 spiro atoms. The highest BCUT2D eigenvalue weighted by atomic mass is 35.5. The average Bonchev–Trinajstić information content (AvgIpc) is 2.91. The summed E-state index contributed by atoms with van der Waals surface area (Å²) in [7, 11) is 0. The molecular formula is C29H30ClN3O5. The van der Waals surface area contributed by atoms with Crippen molar-refractivity contribution < 1.29 is 23.9 Å². The Kier molecular flexibility index (Phi) is 8.42. The van der Waals surface area contributed by atoms with Crippen LogP contribution in [-0.4, -0.2) is 51.0 Å². The predicted molar refractivity (Wildman–Crippen MR) is 142 cm³/mol. The Morgan fingerprint density at radius 1 is 0.947 bits per heavy atom. The lowest BCUT2D eigenvalue weighted by molar-refractivity contribution is -0.0205. The fourth-order valence-corrected chi connectivity index (χ4v) is 4.60. The van der Waals surface area contributed by atoms with Gasteiger partial charge in [-0.3, -0.25) is 4.79 Å². The van der Waals surface area contributed by atoms with Crippen LogP contribution in [0, 0.1) is 5.92 Å². The number of halogens is 1. The summed E-state index contributed by atoms with van der Waals surface area (Å²) in [5.74, 6) is -1.77. The molecule has 1 aliphatic rings. The second kappa shape index (κ2) is 11.7. The van der Waals surface area contributed by atoms with Gasteiger partial charge in [-0.1, -0.05) is 41.9 Å². The van der Waals surface area contributed by atoms with Gasteiger partial charge in [-0.15, -0.1) is 0 Å². The van der Waals surface area contributed by atoms with Crippen LogP contribution in [0.4, 0.5) is 4.79 Å². The lowest BCUT2D eigenvalue weighted by Crippen LogP contribution is -2.49. The Labute approximate surface area is 226 Å². The molecule has 0 bridgehead atoms. The van der Waals surface area contributed by atoms with Gasteiger partial charge in [-0.2, -0.15) is 0 Å². The molecule has 4 rings (SSSR count). The first kappa shape index (κ1) is 27.3. The maximum atomic E-state index is 13.6. The molecule has 3 unspecified atom stereocenters. The van der Waals surface area contributed by atoms with E-state index in [9.17, 15) is 14.4 Å². The molecule has 8 nitrogen and oxygen atoms in total. The number of aromatic nitrogens is 2. The normalized spacial score (nSPS) is 18.4. The molecule has 2 heterocycles. The van der Waals surface area contributed by atoms with Gasteiger partial charge in [0.15, 0.2) is 11.9 Å². The quantitative estimate of drug-likeness (QED) is 0.285. The van der Waals surface area contributed by atoms with Gasteiger partial charge in [-0.05, 0) is 69.5 Å². The molecule has 38 heavy (non-hydrogen) atoms. The Hall–Kier alpha value is -3.78. The standard InChI is InChI=1S/C29H30ClN3O5/c1-29(2,3)38-28(36)33-18-21(12-15-23(33)19-8-5-4-6-9-19)25(24(34)26-31-16-7-17-32-26)37-27(35)20-10-13-22(30)14-11-20/h4-11,13-14,16-17,21,23,25H,12,15,18H2,1-3H3. The third kappa shape index (κ3) is 6.75. The predicted octanol–water partition coefficient (Wildman–Crippen LogP) is 5.93. The minimum absolute atomic E-state index is 0.0598. The number of esters is 1. The highest BCUT2D eigenvalue weighted by molar-refractivity contribution is 6.30. The zero-order chi connectivity index (χ0) is 27.3. The number of hydrogen-bond donors (Lipinski definition) is 0. The van der Waals surface area contributed by atoms with Crippen molar-refractivity contribution in [3.63, 3.8) is 0 Å². The van der Waals surface area contributed by atoms with Crippen molar-refractivity contribution in [3.05, 3.63) is 95.0 Å². The van der Waals surface area contributed by atoms with E-state index < -0.39 is 35.5 Å². The van der Waals surface area contributed by atoms with Crippen molar-refractivity contribution in [3.8, 4) is 0 Å². The fraction of sp³-hybridized carbons (Fsp3) is 0.345. The lowest BCUT2D eigenvalue weighted by Gasteiger charge is -2.42. The van der Waals surface area contributed by atoms with Gasteiger partial charge in [-0.25, -0.2) is 19.6 Å². The molecule has 1 fully saturated rings. The molecular weight excluding hydrogens is 506 g/mol. The molecule has 0 aliphatic carbocycles. The number of nitrogens with zero attached hydrogens (tertiary/aromatic N) is 3. The van der Waals surface area contributed by atoms with Gasteiger partial charge in [0.25, 0.3) is 0 Å². The minimum atomic E-state index is -1.21. The highest BCUT2D eigenvalue weighted by Crippen LogP contribution is 2.37. The summed E-state index contributed by atoms with van der Waals surface area (Å²) in [4.78, 5) is 49.8. The van der Waals surface area contributed by atoms with Crippen molar-refractivity contribution >= 4 is 29.4 Å². The summed E-state index contributed by atoms with van der Waals surface area (Å²) in [6.45, 7) is 5.55. The van der Waals surface area contributed by atoms with Crippen LogP contribution in [0.3, 0.4) is 0 Å². The summed E-state index contributed by atoms with van der Waals surface area (Å²) >= 11 is 5.96. The van der Waals surface area contributed by atoms with Crippen molar-refractivity contribution in [1.82, 2.24) is 14.9 Å². The van der Waals surface area contributed by atoms with Crippen LogP contribution in [0.25, 0.3) is 0 Å². The number of piperidine rings is 1. The van der Waals surface area contributed by atoms with Gasteiger partial charge in [0.1, 0.15) is 5.60 Å². The highest BCUT2D eigenvalue weighted by Gasteiger charge is 2.42. The van der Waals surface area contributed by atoms with Gasteiger partial charge < -0.3 is 14.4 Å². The number of benzene rings is 2. The first-order valence-corrected chi connectivity index (χ1v) is 12.8. The number of carbonyl (C=O) groups is 3. The van der Waals surface area contributed by atoms with Gasteiger partial charge >= 0.3 is 12.1 Å². The van der Waals surface area contributed by atoms with E-state index >= 15 is 0 Å². The third-order valence-corrected chi connectivity index (χ3v) is 6.47. The van der Waals surface area contributed by atoms with E-state index in [2.05, 4.69) is 9.97 Å². The molecule has 0 saturated carbocycles. The fourth-order valence-electron chi connectivity index (χ4n) is 4.48. The molecule has 1 saturated heterocycles. The van der Waals surface area contributed by atoms with E-state index in [4.69, 9.17) is 21.1 Å². The second-order valence-corrected chi connectivity index (χ2v) is 10.6.